The molecule has 0 saturated heterocycles. The molecule has 0 nitrogen and oxygen atoms in total. The summed E-state index contributed by atoms with van der Waals surface area (Å²) in [7, 11) is 0. The quantitative estimate of drug-likeness (QED) is 0.373. The van der Waals surface area contributed by atoms with Crippen molar-refractivity contribution in [2.45, 2.75) is 0 Å². The molecule has 0 spiro atoms. The molecule has 0 aliphatic heterocycles. The minimum atomic E-state index is -7.34. The molecule has 0 aliphatic rings. The van der Waals surface area contributed by atoms with Crippen LogP contribution in [0.1, 0.15) is 0 Å². The van der Waals surface area contributed by atoms with Gasteiger partial charge in [-0.15, -0.1) is 0 Å². The van der Waals surface area contributed by atoms with Gasteiger partial charge in [-0.1, -0.05) is 0 Å². The molecule has 0 heterocycles. The second-order valence-electron chi connectivity index (χ2n) is 0.606. The molecule has 0 fully saturated rings. The molecule has 0 aliphatic carbocycles. The Morgan fingerprint density at radius 2 is 0.800 bits per heavy atom. The molecule has 0 atom stereocenters. The van der Waals surface area contributed by atoms with Crippen LogP contribution in [0.4, 0.5) is 1.92 Å². The van der Waals surface area contributed by atoms with E-state index in [4.69, 9.17) is 0 Å². The standard InChI is InChI=1S/4FH.Sr/h4*1H;/q;;;;+4/p-4. The summed E-state index contributed by atoms with van der Waals surface area (Å²) in [6, 6.07) is 0. The van der Waals surface area contributed by atoms with Crippen molar-refractivity contribution in [1.82, 2.24) is 0 Å². The Hall–Kier alpha value is 1.20. The SMILES string of the molecule is [F][Sr]([F])([F])[F]. The van der Waals surface area contributed by atoms with Crippen LogP contribution in [0.2, 0.25) is 0 Å². The summed E-state index contributed by atoms with van der Waals surface area (Å²) in [6.45, 7) is 0. The van der Waals surface area contributed by atoms with Gasteiger partial charge >= 0.3 is 42.0 Å². The van der Waals surface area contributed by atoms with E-state index in [9.17, 15) is 1.92 Å². The number of hydrogen-bond donors (Lipinski definition) is 0. The maximum atomic E-state index is 9.92. The van der Waals surface area contributed by atoms with Crippen LogP contribution in [0, 0.1) is 0 Å². The molecule has 0 bridgehead atoms. The molecule has 2 radical (unpaired) electrons. The summed E-state index contributed by atoms with van der Waals surface area (Å²) in [4.78, 5) is 0. The first kappa shape index (κ1) is 6.20. The molecule has 0 saturated carbocycles. The van der Waals surface area contributed by atoms with E-state index in [0.29, 0.717) is 0 Å². The number of hydrogen-bond acceptors (Lipinski definition) is 0. The third-order valence-corrected chi connectivity index (χ3v) is 0. The monoisotopic (exact) mass is 164 g/mol. The van der Waals surface area contributed by atoms with Crippen LogP contribution >= 0.6 is 0 Å². The molecular weight excluding hydrogens is 164 g/mol. The fraction of sp³-hybridized carbons (Fsp3) is 0. The van der Waals surface area contributed by atoms with Crippen LogP contribution in [0.15, 0.2) is 0 Å². The van der Waals surface area contributed by atoms with E-state index in [1.54, 1.807) is 0 Å². The number of rotatable bonds is 0. The minimum absolute atomic E-state index is 7.34. The van der Waals surface area contributed by atoms with E-state index in [2.05, 4.69) is 0 Å². The summed E-state index contributed by atoms with van der Waals surface area (Å²) < 4.78 is 39.7. The number of halogens is 4. The Bertz CT molecular complexity index is 19.1. The van der Waals surface area contributed by atoms with E-state index < -0.39 is 40.1 Å². The molecule has 0 amide bonds. The second-order valence-corrected chi connectivity index (χ2v) is 3.59. The van der Waals surface area contributed by atoms with Gasteiger partial charge in [-0.05, 0) is 0 Å². The zero-order valence-corrected chi connectivity index (χ0v) is 5.70. The summed E-state index contributed by atoms with van der Waals surface area (Å²) in [5.41, 5.74) is 0. The predicted octanol–water partition coefficient (Wildman–Crippen LogP) is 1.30. The summed E-state index contributed by atoms with van der Waals surface area (Å²) in [6.07, 6.45) is 0. The molecule has 30 valence electrons. The topological polar surface area (TPSA) is 0 Å². The molecule has 0 aromatic carbocycles. The first-order valence-electron chi connectivity index (χ1n) is 1.07. The van der Waals surface area contributed by atoms with Gasteiger partial charge in [0.2, 0.25) is 0 Å². The predicted molar refractivity (Wildman–Crippen MR) is 10.2 cm³/mol. The van der Waals surface area contributed by atoms with Crippen molar-refractivity contribution in [3.63, 3.8) is 0 Å². The van der Waals surface area contributed by atoms with Crippen LogP contribution < -0.4 is 0 Å². The van der Waals surface area contributed by atoms with E-state index in [1.807, 2.05) is 0 Å². The normalized spacial score (nSPS) is 12.0. The Labute approximate surface area is 41.4 Å². The molecule has 0 rings (SSSR count). The average Bonchev–Trinajstić information content (AvgIpc) is 0.722. The molecule has 0 unspecified atom stereocenters. The Morgan fingerprint density at radius 1 is 0.800 bits per heavy atom. The summed E-state index contributed by atoms with van der Waals surface area (Å²) in [5.74, 6) is 0. The van der Waals surface area contributed by atoms with Gasteiger partial charge in [-0.2, -0.15) is 0 Å². The summed E-state index contributed by atoms with van der Waals surface area (Å²) in [5, 5.41) is 0. The van der Waals surface area contributed by atoms with Crippen LogP contribution in [0.3, 0.4) is 0 Å². The first-order valence-corrected chi connectivity index (χ1v) is 6.32. The van der Waals surface area contributed by atoms with Gasteiger partial charge in [0, 0.05) is 0 Å². The van der Waals surface area contributed by atoms with Crippen molar-refractivity contribution in [1.29, 1.82) is 0 Å². The van der Waals surface area contributed by atoms with E-state index in [-0.39, 0.29) is 0 Å². The molecule has 0 aromatic heterocycles. The average molecular weight is 164 g/mol. The molecule has 0 N–H and O–H groups in total. The molecule has 0 aromatic rings. The zero-order valence-electron chi connectivity index (χ0n) is 2.22. The zero-order chi connectivity index (χ0) is 4.50. The van der Waals surface area contributed by atoms with Gasteiger partial charge in [-0.25, -0.2) is 0 Å². The van der Waals surface area contributed by atoms with Crippen molar-refractivity contribution >= 4 is 40.1 Å². The maximum absolute atomic E-state index is 9.92. The van der Waals surface area contributed by atoms with Crippen molar-refractivity contribution in [2.24, 2.45) is 0 Å². The Kier molecular flexibility index (Phi) is 2.19. The van der Waals surface area contributed by atoms with Crippen molar-refractivity contribution in [3.05, 3.63) is 0 Å². The first-order chi connectivity index (χ1) is 2.00. The van der Waals surface area contributed by atoms with E-state index in [0.717, 1.165) is 0 Å². The second kappa shape index (κ2) is 1.77. The Balaban J connectivity index is 3.02. The van der Waals surface area contributed by atoms with Crippen molar-refractivity contribution in [2.75, 3.05) is 0 Å². The molecule has 5 heteroatoms. The summed E-state index contributed by atoms with van der Waals surface area (Å²) >= 11 is -7.34. The van der Waals surface area contributed by atoms with Gasteiger partial charge in [0.25, 0.3) is 0 Å². The molecule has 5 heavy (non-hydrogen) atoms. The third kappa shape index (κ3) is 37.0. The van der Waals surface area contributed by atoms with Crippen LogP contribution in [0.25, 0.3) is 0 Å². The van der Waals surface area contributed by atoms with E-state index in [1.165, 1.54) is 0 Å². The molecular formula is F4Sr. The van der Waals surface area contributed by atoms with Gasteiger partial charge < -0.3 is 0 Å². The van der Waals surface area contributed by atoms with Crippen LogP contribution in [-0.4, -0.2) is 40.1 Å². The van der Waals surface area contributed by atoms with Gasteiger partial charge in [0.1, 0.15) is 0 Å². The fourth-order valence-electron chi connectivity index (χ4n) is 0. The van der Waals surface area contributed by atoms with Crippen molar-refractivity contribution in [3.8, 4) is 0 Å². The van der Waals surface area contributed by atoms with Gasteiger partial charge in [-0.3, -0.25) is 0 Å². The van der Waals surface area contributed by atoms with E-state index >= 15 is 0 Å². The van der Waals surface area contributed by atoms with Crippen molar-refractivity contribution < 1.29 is 1.92 Å². The Morgan fingerprint density at radius 3 is 0.800 bits per heavy atom. The van der Waals surface area contributed by atoms with Gasteiger partial charge in [0.15, 0.2) is 0 Å². The third-order valence-electron chi connectivity index (χ3n) is 0. The van der Waals surface area contributed by atoms with Crippen LogP contribution in [0.5, 0.6) is 0 Å². The van der Waals surface area contributed by atoms with Crippen LogP contribution in [-0.2, 0) is 0 Å². The van der Waals surface area contributed by atoms with Gasteiger partial charge in [0.05, 0.1) is 0 Å². The fourth-order valence-corrected chi connectivity index (χ4v) is 0.